The molecule has 3 aliphatic carbocycles. The molecule has 0 aromatic carbocycles. The highest BCUT2D eigenvalue weighted by molar-refractivity contribution is 6.35. The Morgan fingerprint density at radius 1 is 1.06 bits per heavy atom. The van der Waals surface area contributed by atoms with Gasteiger partial charge < -0.3 is 4.74 Å². The topological polar surface area (TPSA) is 60.4 Å². The number of esters is 1. The van der Waals surface area contributed by atoms with Gasteiger partial charge in [0.1, 0.15) is 11.9 Å². The van der Waals surface area contributed by atoms with Crippen LogP contribution in [0.1, 0.15) is 80.1 Å². The van der Waals surface area contributed by atoms with E-state index in [2.05, 4.69) is 39.0 Å². The Bertz CT molecular complexity index is 769. The van der Waals surface area contributed by atoms with E-state index in [1.54, 1.807) is 20.8 Å². The zero-order valence-corrected chi connectivity index (χ0v) is 20.1. The number of ketones is 2. The van der Waals surface area contributed by atoms with Crippen molar-refractivity contribution in [3.05, 3.63) is 23.8 Å². The molecule has 0 heterocycles. The largest absolute Gasteiger partial charge is 0.456 e. The number of carbonyl (C=O) groups excluding carboxylic acids is 3. The number of rotatable bonds is 5. The molecule has 172 valence electrons. The molecule has 1 unspecified atom stereocenters. The average Bonchev–Trinajstić information content (AvgIpc) is 2.65. The molecule has 7 atom stereocenters. The summed E-state index contributed by atoms with van der Waals surface area (Å²) in [5.41, 5.74) is 0.510. The standard InChI is InChI=1S/C27H40O4/c1-16-11-19(15-21(28)13-16)8-10-22-18(3)7-9-20-12-17(2)14-23(24(20)22)31-26(30)25(29)27(4,5)6/h7,9,12,16-19,22-24H,8,10-11,13-15H2,1-6H3/t16-,17+,18+,19-,22?,23+,24+/m1/s1. The Kier molecular flexibility index (Phi) is 7.28. The van der Waals surface area contributed by atoms with Crippen LogP contribution < -0.4 is 0 Å². The third-order valence-electron chi connectivity index (χ3n) is 7.46. The maximum Gasteiger partial charge on any atom is 0.375 e. The fourth-order valence-corrected chi connectivity index (χ4v) is 5.90. The van der Waals surface area contributed by atoms with E-state index in [0.717, 1.165) is 32.1 Å². The lowest BCUT2D eigenvalue weighted by Gasteiger charge is -2.43. The summed E-state index contributed by atoms with van der Waals surface area (Å²) in [6.45, 7) is 11.8. The molecule has 0 N–H and O–H groups in total. The van der Waals surface area contributed by atoms with Gasteiger partial charge >= 0.3 is 5.97 Å². The lowest BCUT2D eigenvalue weighted by Crippen LogP contribution is -2.43. The predicted octanol–water partition coefficient (Wildman–Crippen LogP) is 5.70. The molecule has 0 saturated heterocycles. The summed E-state index contributed by atoms with van der Waals surface area (Å²) in [4.78, 5) is 37.2. The van der Waals surface area contributed by atoms with Crippen molar-refractivity contribution < 1.29 is 19.1 Å². The molecule has 0 aromatic rings. The molecule has 0 aromatic heterocycles. The molecule has 3 rings (SSSR count). The van der Waals surface area contributed by atoms with Crippen molar-refractivity contribution in [2.45, 2.75) is 86.2 Å². The van der Waals surface area contributed by atoms with Crippen molar-refractivity contribution in [3.63, 3.8) is 0 Å². The first kappa shape index (κ1) is 23.9. The summed E-state index contributed by atoms with van der Waals surface area (Å²) in [6, 6.07) is 0. The van der Waals surface area contributed by atoms with E-state index < -0.39 is 17.2 Å². The quantitative estimate of drug-likeness (QED) is 0.416. The molecule has 3 aliphatic rings. The van der Waals surface area contributed by atoms with E-state index >= 15 is 0 Å². The van der Waals surface area contributed by atoms with Gasteiger partial charge in [0.15, 0.2) is 0 Å². The average molecular weight is 429 g/mol. The number of ether oxygens (including phenoxy) is 1. The van der Waals surface area contributed by atoms with Crippen molar-refractivity contribution in [2.75, 3.05) is 0 Å². The number of fused-ring (bicyclic) bond motifs is 1. The summed E-state index contributed by atoms with van der Waals surface area (Å²) < 4.78 is 5.91. The van der Waals surface area contributed by atoms with Gasteiger partial charge in [0.2, 0.25) is 5.78 Å². The molecule has 4 heteroatoms. The normalized spacial score (nSPS) is 35.9. The highest BCUT2D eigenvalue weighted by Gasteiger charge is 2.43. The van der Waals surface area contributed by atoms with Crippen LogP contribution in [-0.2, 0) is 19.1 Å². The second-order valence-electron chi connectivity index (χ2n) is 11.5. The van der Waals surface area contributed by atoms with E-state index in [4.69, 9.17) is 4.74 Å². The molecule has 1 saturated carbocycles. The van der Waals surface area contributed by atoms with Gasteiger partial charge in [0, 0.05) is 24.2 Å². The molecular weight excluding hydrogens is 388 g/mol. The highest BCUT2D eigenvalue weighted by Crippen LogP contribution is 2.46. The van der Waals surface area contributed by atoms with Crippen molar-refractivity contribution in [3.8, 4) is 0 Å². The van der Waals surface area contributed by atoms with Gasteiger partial charge in [-0.15, -0.1) is 0 Å². The van der Waals surface area contributed by atoms with E-state index in [9.17, 15) is 14.4 Å². The van der Waals surface area contributed by atoms with Crippen LogP contribution in [0.15, 0.2) is 23.8 Å². The predicted molar refractivity (Wildman–Crippen MR) is 122 cm³/mol. The number of allylic oxidation sites excluding steroid dienone is 3. The highest BCUT2D eigenvalue weighted by atomic mass is 16.5. The summed E-state index contributed by atoms with van der Waals surface area (Å²) in [7, 11) is 0. The third-order valence-corrected chi connectivity index (χ3v) is 7.46. The van der Waals surface area contributed by atoms with E-state index in [1.165, 1.54) is 5.57 Å². The third kappa shape index (κ3) is 5.75. The lowest BCUT2D eigenvalue weighted by molar-refractivity contribution is -0.164. The second kappa shape index (κ2) is 9.42. The monoisotopic (exact) mass is 428 g/mol. The Balaban J connectivity index is 1.76. The van der Waals surface area contributed by atoms with Gasteiger partial charge in [-0.3, -0.25) is 9.59 Å². The van der Waals surface area contributed by atoms with E-state index in [-0.39, 0.29) is 12.0 Å². The molecule has 0 radical (unpaired) electrons. The van der Waals surface area contributed by atoms with Gasteiger partial charge in [0.25, 0.3) is 0 Å². The Morgan fingerprint density at radius 3 is 2.42 bits per heavy atom. The minimum atomic E-state index is -0.737. The van der Waals surface area contributed by atoms with Crippen LogP contribution >= 0.6 is 0 Å². The van der Waals surface area contributed by atoms with Crippen LogP contribution in [0.4, 0.5) is 0 Å². The van der Waals surface area contributed by atoms with Gasteiger partial charge in [-0.05, 0) is 60.8 Å². The molecule has 4 nitrogen and oxygen atoms in total. The number of carbonyl (C=O) groups is 3. The Morgan fingerprint density at radius 2 is 1.77 bits per heavy atom. The number of hydrogen-bond acceptors (Lipinski definition) is 4. The Labute approximate surface area is 187 Å². The lowest BCUT2D eigenvalue weighted by atomic mass is 9.64. The van der Waals surface area contributed by atoms with Crippen molar-refractivity contribution in [2.24, 2.45) is 40.9 Å². The molecule has 0 aliphatic heterocycles. The van der Waals surface area contributed by atoms with Crippen LogP contribution in [-0.4, -0.2) is 23.6 Å². The molecular formula is C27H40O4. The molecule has 31 heavy (non-hydrogen) atoms. The van der Waals surface area contributed by atoms with Crippen LogP contribution in [0.25, 0.3) is 0 Å². The van der Waals surface area contributed by atoms with Crippen LogP contribution in [0, 0.1) is 40.9 Å². The minimum Gasteiger partial charge on any atom is -0.456 e. The Hall–Kier alpha value is -1.71. The van der Waals surface area contributed by atoms with Gasteiger partial charge in [0.05, 0.1) is 0 Å². The fraction of sp³-hybridized carbons (Fsp3) is 0.741. The smallest absolute Gasteiger partial charge is 0.375 e. The summed E-state index contributed by atoms with van der Waals surface area (Å²) in [5, 5.41) is 0. The molecule has 0 spiro atoms. The van der Waals surface area contributed by atoms with Crippen LogP contribution in [0.2, 0.25) is 0 Å². The number of hydrogen-bond donors (Lipinski definition) is 0. The first-order valence-electron chi connectivity index (χ1n) is 12.1. The first-order valence-corrected chi connectivity index (χ1v) is 12.1. The first-order chi connectivity index (χ1) is 14.5. The molecule has 0 amide bonds. The SMILES string of the molecule is C[C@H]1CC(=O)C[C@H](CCC2[C@@H](C)C=CC3=C[C@H](C)C[C@H](OC(=O)C(=O)C(C)(C)C)[C@@H]32)C1. The second-order valence-corrected chi connectivity index (χ2v) is 11.5. The van der Waals surface area contributed by atoms with Gasteiger partial charge in [-0.25, -0.2) is 4.79 Å². The fourth-order valence-electron chi connectivity index (χ4n) is 5.90. The summed E-state index contributed by atoms with van der Waals surface area (Å²) in [5.74, 6) is 1.38. The van der Waals surface area contributed by atoms with Crippen molar-refractivity contribution >= 4 is 17.5 Å². The maximum absolute atomic E-state index is 12.7. The van der Waals surface area contributed by atoms with Crippen LogP contribution in [0.3, 0.4) is 0 Å². The zero-order valence-electron chi connectivity index (χ0n) is 20.1. The summed E-state index contributed by atoms with van der Waals surface area (Å²) in [6.07, 6.45) is 11.9. The molecule has 0 bridgehead atoms. The minimum absolute atomic E-state index is 0.129. The van der Waals surface area contributed by atoms with Crippen molar-refractivity contribution in [1.29, 1.82) is 0 Å². The van der Waals surface area contributed by atoms with Crippen LogP contribution in [0.5, 0.6) is 0 Å². The molecule has 1 fully saturated rings. The van der Waals surface area contributed by atoms with E-state index in [0.29, 0.717) is 41.8 Å². The van der Waals surface area contributed by atoms with Gasteiger partial charge in [-0.1, -0.05) is 59.8 Å². The zero-order chi connectivity index (χ0) is 22.9. The van der Waals surface area contributed by atoms with E-state index in [1.807, 2.05) is 0 Å². The van der Waals surface area contributed by atoms with Gasteiger partial charge in [-0.2, -0.15) is 0 Å². The number of Topliss-reactive ketones (excluding diaryl/α,β-unsaturated/α-hetero) is 2. The summed E-state index contributed by atoms with van der Waals surface area (Å²) >= 11 is 0. The van der Waals surface area contributed by atoms with Crippen molar-refractivity contribution in [1.82, 2.24) is 0 Å². The maximum atomic E-state index is 12.7.